The quantitative estimate of drug-likeness (QED) is 0.288. The summed E-state index contributed by atoms with van der Waals surface area (Å²) in [5, 5.41) is 14.3. The fourth-order valence-corrected chi connectivity index (χ4v) is 3.98. The number of nitrogens with zero attached hydrogens (tertiary/aromatic N) is 1. The van der Waals surface area contributed by atoms with Crippen molar-refractivity contribution >= 4 is 60.0 Å². The van der Waals surface area contributed by atoms with Gasteiger partial charge in [-0.25, -0.2) is 4.39 Å². The molecule has 6 nitrogen and oxygen atoms in total. The van der Waals surface area contributed by atoms with Crippen molar-refractivity contribution in [1.29, 1.82) is 0 Å². The van der Waals surface area contributed by atoms with Crippen molar-refractivity contribution in [3.05, 3.63) is 66.5 Å². The van der Waals surface area contributed by atoms with Crippen molar-refractivity contribution in [2.24, 2.45) is 0 Å². The number of non-ortho nitro benzene ring substituents is 1. The van der Waals surface area contributed by atoms with Crippen molar-refractivity contribution in [2.45, 2.75) is 6.92 Å². The van der Waals surface area contributed by atoms with Gasteiger partial charge in [0.05, 0.1) is 17.2 Å². The van der Waals surface area contributed by atoms with Gasteiger partial charge in [0.15, 0.2) is 5.76 Å². The van der Waals surface area contributed by atoms with Crippen LogP contribution < -0.4 is 5.32 Å². The summed E-state index contributed by atoms with van der Waals surface area (Å²) in [5.74, 6) is -0.583. The number of halogens is 3. The topological polar surface area (TPSA) is 85.4 Å². The maximum Gasteiger partial charge on any atom is 0.271 e. The van der Waals surface area contributed by atoms with Gasteiger partial charge in [-0.05, 0) is 57.0 Å². The number of nitro groups is 1. The lowest BCUT2D eigenvalue weighted by molar-refractivity contribution is -0.385. The lowest BCUT2D eigenvalue weighted by atomic mass is 10.1. The lowest BCUT2D eigenvalue weighted by Gasteiger charge is -2.10. The zero-order chi connectivity index (χ0) is 19.0. The first kappa shape index (κ1) is 18.5. The second-order valence-electron chi connectivity index (χ2n) is 5.51. The van der Waals surface area contributed by atoms with Gasteiger partial charge < -0.3 is 9.73 Å². The molecule has 0 radical (unpaired) electrons. The predicted octanol–water partition coefficient (Wildman–Crippen LogP) is 5.61. The highest BCUT2D eigenvalue weighted by molar-refractivity contribution is 9.11. The van der Waals surface area contributed by atoms with Crippen LogP contribution in [0.5, 0.6) is 0 Å². The molecule has 1 N–H and O–H groups in total. The van der Waals surface area contributed by atoms with Gasteiger partial charge in [0.1, 0.15) is 11.4 Å². The minimum atomic E-state index is -0.513. The molecule has 26 heavy (non-hydrogen) atoms. The SMILES string of the molecule is Cc1c(C(=O)CNc2c(Br)cc([N+](=O)[O-])cc2Br)oc2ccc(F)cc12. The van der Waals surface area contributed by atoms with E-state index in [1.165, 1.54) is 30.3 Å². The number of benzene rings is 2. The summed E-state index contributed by atoms with van der Waals surface area (Å²) in [6, 6.07) is 6.75. The fourth-order valence-electron chi connectivity index (χ4n) is 2.54. The highest BCUT2D eigenvalue weighted by atomic mass is 79.9. The molecule has 0 atom stereocenters. The number of hydrogen-bond donors (Lipinski definition) is 1. The van der Waals surface area contributed by atoms with E-state index in [0.717, 1.165) is 0 Å². The van der Waals surface area contributed by atoms with Crippen molar-refractivity contribution < 1.29 is 18.5 Å². The van der Waals surface area contributed by atoms with Crippen LogP contribution in [0.3, 0.4) is 0 Å². The molecule has 134 valence electrons. The minimum absolute atomic E-state index is 0.0872. The summed E-state index contributed by atoms with van der Waals surface area (Å²) in [7, 11) is 0. The Hall–Kier alpha value is -2.26. The molecule has 0 aliphatic rings. The maximum absolute atomic E-state index is 13.4. The van der Waals surface area contributed by atoms with Crippen LogP contribution in [0.1, 0.15) is 16.1 Å². The number of carbonyl (C=O) groups excluding carboxylic acids is 1. The zero-order valence-corrected chi connectivity index (χ0v) is 16.5. The summed E-state index contributed by atoms with van der Waals surface area (Å²) >= 11 is 6.50. The fraction of sp³-hybridized carbons (Fsp3) is 0.118. The number of nitro benzene ring substituents is 1. The van der Waals surface area contributed by atoms with E-state index in [2.05, 4.69) is 37.2 Å². The van der Waals surface area contributed by atoms with Gasteiger partial charge in [0, 0.05) is 32.0 Å². The Morgan fingerprint density at radius 1 is 1.27 bits per heavy atom. The lowest BCUT2D eigenvalue weighted by Crippen LogP contribution is -2.15. The van der Waals surface area contributed by atoms with E-state index in [0.29, 0.717) is 31.2 Å². The Labute approximate surface area is 163 Å². The summed E-state index contributed by atoms with van der Waals surface area (Å²) in [4.78, 5) is 22.9. The molecule has 0 aliphatic carbocycles. The molecular weight excluding hydrogens is 475 g/mol. The van der Waals surface area contributed by atoms with Crippen molar-refractivity contribution in [1.82, 2.24) is 0 Å². The third-order valence-electron chi connectivity index (χ3n) is 3.81. The van der Waals surface area contributed by atoms with Crippen molar-refractivity contribution in [3.8, 4) is 0 Å². The van der Waals surface area contributed by atoms with Crippen LogP contribution in [-0.2, 0) is 0 Å². The molecule has 3 rings (SSSR count). The second-order valence-corrected chi connectivity index (χ2v) is 7.22. The molecule has 1 aromatic heterocycles. The normalized spacial score (nSPS) is 10.9. The number of aryl methyl sites for hydroxylation is 1. The highest BCUT2D eigenvalue weighted by Crippen LogP contribution is 2.35. The standard InChI is InChI=1S/C17H11Br2FN2O4/c1-8-11-4-9(20)2-3-15(11)26-17(8)14(23)7-21-16-12(18)5-10(22(24)25)6-13(16)19/h2-6,21H,7H2,1H3. The molecule has 0 saturated heterocycles. The van der Waals surface area contributed by atoms with E-state index in [1.807, 2.05) is 0 Å². The van der Waals surface area contributed by atoms with Gasteiger partial charge in [-0.15, -0.1) is 0 Å². The van der Waals surface area contributed by atoms with E-state index in [-0.39, 0.29) is 23.8 Å². The van der Waals surface area contributed by atoms with Crippen LogP contribution in [-0.4, -0.2) is 17.3 Å². The van der Waals surface area contributed by atoms with Crippen LogP contribution in [0.25, 0.3) is 11.0 Å². The van der Waals surface area contributed by atoms with E-state index < -0.39 is 10.7 Å². The van der Waals surface area contributed by atoms with Crippen LogP contribution in [0, 0.1) is 22.9 Å². The van der Waals surface area contributed by atoms with Crippen LogP contribution in [0.4, 0.5) is 15.8 Å². The number of fused-ring (bicyclic) bond motifs is 1. The number of hydrogen-bond acceptors (Lipinski definition) is 5. The largest absolute Gasteiger partial charge is 0.453 e. The Kier molecular flexibility index (Phi) is 5.10. The third-order valence-corrected chi connectivity index (χ3v) is 5.07. The Morgan fingerprint density at radius 3 is 2.54 bits per heavy atom. The molecule has 3 aromatic rings. The second kappa shape index (κ2) is 7.16. The molecule has 2 aromatic carbocycles. The number of ketones is 1. The molecule has 9 heteroatoms. The average Bonchev–Trinajstić information content (AvgIpc) is 2.90. The van der Waals surface area contributed by atoms with Crippen LogP contribution in [0.15, 0.2) is 43.7 Å². The highest BCUT2D eigenvalue weighted by Gasteiger charge is 2.19. The molecular formula is C17H11Br2FN2O4. The van der Waals surface area contributed by atoms with Gasteiger partial charge in [0.2, 0.25) is 5.78 Å². The van der Waals surface area contributed by atoms with Crippen molar-refractivity contribution in [2.75, 3.05) is 11.9 Å². The number of rotatable bonds is 5. The molecule has 0 fully saturated rings. The van der Waals surface area contributed by atoms with Gasteiger partial charge >= 0.3 is 0 Å². The zero-order valence-electron chi connectivity index (χ0n) is 13.3. The Balaban J connectivity index is 1.84. The molecule has 0 bridgehead atoms. The summed E-state index contributed by atoms with van der Waals surface area (Å²) in [5.41, 5.74) is 1.41. The monoisotopic (exact) mass is 484 g/mol. The number of carbonyl (C=O) groups is 1. The maximum atomic E-state index is 13.4. The molecule has 0 aliphatic heterocycles. The van der Waals surface area contributed by atoms with Crippen LogP contribution in [0.2, 0.25) is 0 Å². The van der Waals surface area contributed by atoms with Crippen molar-refractivity contribution in [3.63, 3.8) is 0 Å². The average molecular weight is 486 g/mol. The van der Waals surface area contributed by atoms with E-state index in [4.69, 9.17) is 4.42 Å². The first-order chi connectivity index (χ1) is 12.3. The summed E-state index contributed by atoms with van der Waals surface area (Å²) in [6.07, 6.45) is 0. The Morgan fingerprint density at radius 2 is 1.92 bits per heavy atom. The summed E-state index contributed by atoms with van der Waals surface area (Å²) in [6.45, 7) is 1.59. The first-order valence-corrected chi connectivity index (χ1v) is 8.95. The first-order valence-electron chi connectivity index (χ1n) is 7.37. The van der Waals surface area contributed by atoms with Gasteiger partial charge in [-0.1, -0.05) is 0 Å². The van der Waals surface area contributed by atoms with Gasteiger partial charge in [0.25, 0.3) is 5.69 Å². The summed E-state index contributed by atoms with van der Waals surface area (Å²) < 4.78 is 19.8. The van der Waals surface area contributed by atoms with Gasteiger partial charge in [-0.3, -0.25) is 14.9 Å². The molecule has 0 spiro atoms. The number of anilines is 1. The van der Waals surface area contributed by atoms with E-state index >= 15 is 0 Å². The predicted molar refractivity (Wildman–Crippen MR) is 102 cm³/mol. The number of nitrogens with one attached hydrogen (secondary N) is 1. The molecule has 0 saturated carbocycles. The number of furan rings is 1. The van der Waals surface area contributed by atoms with Gasteiger partial charge in [-0.2, -0.15) is 0 Å². The Bertz CT molecular complexity index is 1030. The molecule has 0 amide bonds. The third kappa shape index (κ3) is 3.49. The minimum Gasteiger partial charge on any atom is -0.453 e. The van der Waals surface area contributed by atoms with E-state index in [9.17, 15) is 19.3 Å². The van der Waals surface area contributed by atoms with Crippen LogP contribution >= 0.6 is 31.9 Å². The number of Topliss-reactive ketones (excluding diaryl/α,β-unsaturated/α-hetero) is 1. The smallest absolute Gasteiger partial charge is 0.271 e. The molecule has 0 unspecified atom stereocenters. The van der Waals surface area contributed by atoms with E-state index in [1.54, 1.807) is 6.92 Å². The molecule has 1 heterocycles.